The number of quaternary nitrogens is 6. The zero-order valence-corrected chi connectivity index (χ0v) is 69.0. The Labute approximate surface area is 678 Å². The standard InChI is InChI=1S/C32H42N4O2.C28H35N3O7.C15H33N3O.C12H20N2O6/c1-23(20-26-8-11-27(12-9-26)28-13-16-30(17-14-28)36-24(2)37)21-32(38)31(34)18-19-35-22-29(33)15-10-25-6-4-3-5-7-25;1-3-20(27(36)29-15-14-24(28(37)38)31-25(33)8-5-9-26(34)35)16-19-6-4-7-22(17-19)21-10-12-23(13-11-21)30-18(2)32;1-3-4-5-6-7-8-9-14(16)12-18-11-10-15(17)13(2)19;1-2-9(15)13-7-6-8(12(19)20)14-10(16)4-3-5-11(17)18/h3-9,11-14,16-17,23,29,31,35H,10,15,18-22,33-34H2,1-2H3,(H,36,37);4,6-7,10-13,17,20,24H,3,5,8-9,14-16H2,1-2H3,(H,29,36)(H,30,32)(H,31,33)(H,34,35)(H,37,38);14-15,18H,3-12,16-17H2,1-2H3;8H,2-7H2,1H3,(H,13,15)(H,14,16)(H,17,18)(H,19,20)/p+2/t23-,29-,31-;20-,24-;14-,15-;8-/m0101/s1. The number of nitrogens with two attached hydrogens (primary N) is 2. The van der Waals surface area contributed by atoms with Crippen molar-refractivity contribution in [2.45, 2.75) is 239 Å². The Morgan fingerprint density at radius 2 is 0.913 bits per heavy atom. The van der Waals surface area contributed by atoms with Gasteiger partial charge < -0.3 is 105 Å². The zero-order chi connectivity index (χ0) is 85.5. The van der Waals surface area contributed by atoms with Crippen LogP contribution in [0.25, 0.3) is 22.3 Å². The van der Waals surface area contributed by atoms with Crippen molar-refractivity contribution in [2.75, 3.05) is 49.9 Å². The zero-order valence-electron chi connectivity index (χ0n) is 69.0. The van der Waals surface area contributed by atoms with Gasteiger partial charge in [0.25, 0.3) is 0 Å². The quantitative estimate of drug-likeness (QED) is 0.0215. The minimum Gasteiger partial charge on any atom is -0.550 e. The number of aryl methyl sites for hydroxylation is 1. The Balaban J connectivity index is 0.000000547. The summed E-state index contributed by atoms with van der Waals surface area (Å²) in [6.07, 6.45) is 15.2. The summed E-state index contributed by atoms with van der Waals surface area (Å²) in [6, 6.07) is 40.4. The van der Waals surface area contributed by atoms with Crippen molar-refractivity contribution in [1.29, 1.82) is 0 Å². The second-order valence-corrected chi connectivity index (χ2v) is 29.6. The largest absolute Gasteiger partial charge is 0.550 e. The van der Waals surface area contributed by atoms with Crippen LogP contribution in [0.15, 0.2) is 127 Å². The van der Waals surface area contributed by atoms with Crippen LogP contribution in [0.3, 0.4) is 0 Å². The lowest BCUT2D eigenvalue weighted by molar-refractivity contribution is -0.683. The van der Waals surface area contributed by atoms with Gasteiger partial charge in [-0.2, -0.15) is 0 Å². The molecule has 0 saturated carbocycles. The average Bonchev–Trinajstić information content (AvgIpc) is 0.850. The molecule has 28 nitrogen and oxygen atoms in total. The number of Topliss-reactive ketones (excluding diaryl/α,β-unsaturated/α-hetero) is 2. The van der Waals surface area contributed by atoms with Gasteiger partial charge >= 0.3 is 0 Å². The summed E-state index contributed by atoms with van der Waals surface area (Å²) >= 11 is 0. The van der Waals surface area contributed by atoms with E-state index < -0.39 is 47.8 Å². The Hall–Kier alpha value is -10.1. The molecule has 0 heterocycles. The number of carboxylic acid groups (broad SMARTS) is 4. The molecule has 0 fully saturated rings. The highest BCUT2D eigenvalue weighted by Crippen LogP contribution is 2.26. The predicted octanol–water partition coefficient (Wildman–Crippen LogP) is -0.643. The predicted molar refractivity (Wildman–Crippen MR) is 432 cm³/mol. The SMILES string of the molecule is CC(=O)Nc1ccc(-c2ccc(C[C@H](C)CC(=O)[C@@H]([NH3+])CC[NH2+]C[C@@H]([NH3+])CCc3ccccc3)cc2)cc1.CCC(=O)NCC[C@@H](NC(=O)CCCC(=O)[O-])C(=O)[O-].CCCCCCCC[C@H]([NH3+])C[NH2+]CC[C@H]([NH3+])C(C)=O.CC[C@H](Cc1cccc(-c2ccc(NC(C)=O)cc2)c1)C(=O)NCC[C@@H](NC(=O)CCCC(=O)[O-])C(=O)[O-]. The fourth-order valence-corrected chi connectivity index (χ4v) is 12.3. The van der Waals surface area contributed by atoms with Gasteiger partial charge in [0.05, 0.1) is 50.0 Å². The molecule has 115 heavy (non-hydrogen) atoms. The van der Waals surface area contributed by atoms with Crippen molar-refractivity contribution in [2.24, 2.45) is 11.8 Å². The number of carbonyl (C=O) groups excluding carboxylic acids is 12. The molecule has 0 radical (unpaired) electrons. The van der Waals surface area contributed by atoms with Crippen LogP contribution < -0.4 is 85.9 Å². The number of hydrogen-bond acceptors (Lipinski definition) is 16. The molecule has 0 aromatic heterocycles. The molecule has 0 saturated heterocycles. The molecule has 0 unspecified atom stereocenters. The molecule has 22 N–H and O–H groups in total. The van der Waals surface area contributed by atoms with Gasteiger partial charge in [0.1, 0.15) is 37.3 Å². The number of anilines is 2. The summed E-state index contributed by atoms with van der Waals surface area (Å²) in [4.78, 5) is 136. The molecule has 0 aliphatic carbocycles. The molecule has 0 spiro atoms. The Morgan fingerprint density at radius 1 is 0.443 bits per heavy atom. The van der Waals surface area contributed by atoms with Crippen molar-refractivity contribution < 1.29 is 112 Å². The van der Waals surface area contributed by atoms with Crippen LogP contribution in [-0.4, -0.2) is 146 Å². The molecular formula is C87H132N12O16+2. The lowest BCUT2D eigenvalue weighted by Crippen LogP contribution is -2.91. The molecule has 8 atom stereocenters. The summed E-state index contributed by atoms with van der Waals surface area (Å²) in [5, 5.41) is 62.6. The monoisotopic (exact) mass is 1600 g/mol. The lowest BCUT2D eigenvalue weighted by Gasteiger charge is -2.21. The molecule has 0 aliphatic heterocycles. The first-order chi connectivity index (χ1) is 54.8. The van der Waals surface area contributed by atoms with Crippen molar-refractivity contribution in [3.05, 3.63) is 144 Å². The first-order valence-electron chi connectivity index (χ1n) is 40.7. The van der Waals surface area contributed by atoms with Crippen molar-refractivity contribution in [3.63, 3.8) is 0 Å². The molecule has 5 aromatic rings. The van der Waals surface area contributed by atoms with Gasteiger partial charge in [-0.15, -0.1) is 0 Å². The van der Waals surface area contributed by atoms with Crippen LogP contribution in [0.1, 0.15) is 200 Å². The van der Waals surface area contributed by atoms with Gasteiger partial charge in [-0.05, 0) is 140 Å². The van der Waals surface area contributed by atoms with E-state index >= 15 is 0 Å². The van der Waals surface area contributed by atoms with Crippen molar-refractivity contribution in [3.8, 4) is 22.3 Å². The van der Waals surface area contributed by atoms with E-state index in [-0.39, 0.29) is 130 Å². The summed E-state index contributed by atoms with van der Waals surface area (Å²) < 4.78 is 0. The van der Waals surface area contributed by atoms with Crippen molar-refractivity contribution >= 4 is 82.3 Å². The summed E-state index contributed by atoms with van der Waals surface area (Å²) in [7, 11) is 0. The molecule has 634 valence electrons. The number of carbonyl (C=O) groups is 12. The Kier molecular flexibility index (Phi) is 52.3. The van der Waals surface area contributed by atoms with Crippen LogP contribution in [0, 0.1) is 11.8 Å². The Bertz CT molecular complexity index is 3720. The van der Waals surface area contributed by atoms with Gasteiger partial charge in [-0.1, -0.05) is 163 Å². The number of unbranched alkanes of at least 4 members (excludes halogenated alkanes) is 5. The Morgan fingerprint density at radius 3 is 1.39 bits per heavy atom. The van der Waals surface area contributed by atoms with E-state index in [1.165, 1.54) is 69.9 Å². The number of ketones is 2. The van der Waals surface area contributed by atoms with Crippen LogP contribution in [0.5, 0.6) is 0 Å². The third kappa shape index (κ3) is 48.7. The van der Waals surface area contributed by atoms with E-state index in [4.69, 9.17) is 0 Å². The van der Waals surface area contributed by atoms with E-state index in [1.54, 1.807) is 13.8 Å². The van der Waals surface area contributed by atoms with Gasteiger partial charge in [-0.25, -0.2) is 0 Å². The molecule has 0 aliphatic rings. The number of nitrogens with one attached hydrogen (secondary N) is 6. The van der Waals surface area contributed by atoms with Crippen LogP contribution in [0.4, 0.5) is 11.4 Å². The first-order valence-corrected chi connectivity index (χ1v) is 40.7. The maximum atomic E-state index is 12.8. The van der Waals surface area contributed by atoms with Gasteiger partial charge in [0.2, 0.25) is 35.4 Å². The fourth-order valence-electron chi connectivity index (χ4n) is 12.3. The van der Waals surface area contributed by atoms with Crippen LogP contribution >= 0.6 is 0 Å². The van der Waals surface area contributed by atoms with E-state index in [0.29, 0.717) is 37.0 Å². The number of benzene rings is 5. The van der Waals surface area contributed by atoms with Crippen LogP contribution in [0.2, 0.25) is 0 Å². The molecule has 6 amide bonds. The number of carboxylic acids is 4. The lowest BCUT2D eigenvalue weighted by atomic mass is 9.92. The second-order valence-electron chi connectivity index (χ2n) is 29.6. The molecular weight excluding hydrogens is 1470 g/mol. The number of hydrogen-bond donors (Lipinski definition) is 12. The van der Waals surface area contributed by atoms with E-state index in [0.717, 1.165) is 91.8 Å². The highest BCUT2D eigenvalue weighted by atomic mass is 16.4. The van der Waals surface area contributed by atoms with E-state index in [9.17, 15) is 78.0 Å². The maximum absolute atomic E-state index is 12.8. The maximum Gasteiger partial charge on any atom is 0.223 e. The molecule has 28 heteroatoms. The van der Waals surface area contributed by atoms with E-state index in [2.05, 4.69) is 128 Å². The summed E-state index contributed by atoms with van der Waals surface area (Å²) in [5.74, 6) is -6.95. The van der Waals surface area contributed by atoms with Gasteiger partial charge in [0.15, 0.2) is 11.6 Å². The van der Waals surface area contributed by atoms with E-state index in [1.807, 2.05) is 85.8 Å². The van der Waals surface area contributed by atoms with Gasteiger partial charge in [-0.3, -0.25) is 38.4 Å². The summed E-state index contributed by atoms with van der Waals surface area (Å²) in [6.45, 7) is 16.6. The molecule has 0 bridgehead atoms. The topological polar surface area (TPSA) is 513 Å². The first kappa shape index (κ1) is 101. The smallest absolute Gasteiger partial charge is 0.223 e. The minimum absolute atomic E-state index is 0.000297. The highest BCUT2D eigenvalue weighted by Gasteiger charge is 2.23. The number of amides is 6. The number of rotatable bonds is 53. The number of aliphatic carboxylic acids is 4. The normalized spacial score (nSPS) is 12.8. The third-order valence-electron chi connectivity index (χ3n) is 19.2. The average molecular weight is 1600 g/mol. The summed E-state index contributed by atoms with van der Waals surface area (Å²) in [5.41, 5.74) is 25.7. The molecule has 5 aromatic carbocycles. The minimum atomic E-state index is -1.48. The molecule has 5 rings (SSSR count). The second kappa shape index (κ2) is 59.6. The fraction of sp³-hybridized carbons (Fsp3) is 0.517. The third-order valence-corrected chi connectivity index (χ3v) is 19.2. The van der Waals surface area contributed by atoms with Gasteiger partial charge in [0, 0.05) is 102 Å². The van der Waals surface area contributed by atoms with Crippen LogP contribution in [-0.2, 0) is 76.8 Å². The highest BCUT2D eigenvalue weighted by molar-refractivity contribution is 5.90. The van der Waals surface area contributed by atoms with Crippen molar-refractivity contribution in [1.82, 2.24) is 21.3 Å².